The van der Waals surface area contributed by atoms with Crippen LogP contribution in [0.1, 0.15) is 28.2 Å². The number of thiophene rings is 1. The van der Waals surface area contributed by atoms with Crippen LogP contribution < -0.4 is 11.1 Å². The van der Waals surface area contributed by atoms with E-state index in [2.05, 4.69) is 5.32 Å². The lowest BCUT2D eigenvalue weighted by Crippen LogP contribution is -2.26. The SMILES string of the molecule is CC(NC(=O)c1ccc(F)cc1N)c1cccs1. The van der Waals surface area contributed by atoms with Crippen molar-refractivity contribution < 1.29 is 9.18 Å². The molecule has 0 aliphatic carbocycles. The van der Waals surface area contributed by atoms with Crippen LogP contribution in [0.3, 0.4) is 0 Å². The van der Waals surface area contributed by atoms with Gasteiger partial charge in [0.25, 0.3) is 5.91 Å². The number of halogens is 1. The summed E-state index contributed by atoms with van der Waals surface area (Å²) in [7, 11) is 0. The maximum atomic E-state index is 12.9. The zero-order chi connectivity index (χ0) is 13.1. The minimum absolute atomic E-state index is 0.0954. The molecule has 0 bridgehead atoms. The fraction of sp³-hybridized carbons (Fsp3) is 0.154. The van der Waals surface area contributed by atoms with Crippen LogP contribution in [-0.2, 0) is 0 Å². The molecule has 1 unspecified atom stereocenters. The molecule has 0 fully saturated rings. The molecule has 3 nitrogen and oxygen atoms in total. The Morgan fingerprint density at radius 2 is 2.22 bits per heavy atom. The van der Waals surface area contributed by atoms with Gasteiger partial charge in [0.15, 0.2) is 0 Å². The fourth-order valence-electron chi connectivity index (χ4n) is 1.62. The molecule has 0 spiro atoms. The van der Waals surface area contributed by atoms with Crippen molar-refractivity contribution in [1.82, 2.24) is 5.32 Å². The summed E-state index contributed by atoms with van der Waals surface area (Å²) in [6, 6.07) is 7.54. The molecular weight excluding hydrogens is 251 g/mol. The summed E-state index contributed by atoms with van der Waals surface area (Å²) < 4.78 is 12.9. The highest BCUT2D eigenvalue weighted by Gasteiger charge is 2.14. The van der Waals surface area contributed by atoms with E-state index in [0.717, 1.165) is 10.9 Å². The molecule has 3 N–H and O–H groups in total. The van der Waals surface area contributed by atoms with Gasteiger partial charge in [0.1, 0.15) is 5.82 Å². The molecule has 2 rings (SSSR count). The van der Waals surface area contributed by atoms with E-state index in [0.29, 0.717) is 5.56 Å². The van der Waals surface area contributed by atoms with Gasteiger partial charge in [0.2, 0.25) is 0 Å². The van der Waals surface area contributed by atoms with Gasteiger partial charge in [-0.1, -0.05) is 6.07 Å². The Morgan fingerprint density at radius 3 is 2.83 bits per heavy atom. The Morgan fingerprint density at radius 1 is 1.44 bits per heavy atom. The predicted octanol–water partition coefficient (Wildman–Crippen LogP) is 2.96. The normalized spacial score (nSPS) is 12.1. The fourth-order valence-corrected chi connectivity index (χ4v) is 2.36. The number of nitrogen functional groups attached to an aromatic ring is 1. The maximum absolute atomic E-state index is 12.9. The Kier molecular flexibility index (Phi) is 3.62. The van der Waals surface area contributed by atoms with Crippen LogP contribution in [0.15, 0.2) is 35.7 Å². The van der Waals surface area contributed by atoms with E-state index in [-0.39, 0.29) is 17.6 Å². The van der Waals surface area contributed by atoms with Crippen molar-refractivity contribution in [2.75, 3.05) is 5.73 Å². The molecular formula is C13H13FN2OS. The van der Waals surface area contributed by atoms with E-state index in [4.69, 9.17) is 5.73 Å². The number of hydrogen-bond acceptors (Lipinski definition) is 3. The summed E-state index contributed by atoms with van der Waals surface area (Å²) in [4.78, 5) is 13.0. The zero-order valence-electron chi connectivity index (χ0n) is 9.81. The number of nitrogens with two attached hydrogens (primary N) is 1. The van der Waals surface area contributed by atoms with Gasteiger partial charge in [0, 0.05) is 10.6 Å². The second-order valence-electron chi connectivity index (χ2n) is 3.94. The lowest BCUT2D eigenvalue weighted by Gasteiger charge is -2.13. The van der Waals surface area contributed by atoms with E-state index in [1.165, 1.54) is 12.1 Å². The van der Waals surface area contributed by atoms with Gasteiger partial charge in [-0.05, 0) is 36.6 Å². The number of rotatable bonds is 3. The molecule has 0 radical (unpaired) electrons. The van der Waals surface area contributed by atoms with Gasteiger partial charge in [-0.3, -0.25) is 4.79 Å². The molecule has 0 aliphatic rings. The molecule has 2 aromatic rings. The first-order chi connectivity index (χ1) is 8.58. The molecule has 0 saturated carbocycles. The average molecular weight is 264 g/mol. The van der Waals surface area contributed by atoms with Crippen molar-refractivity contribution in [2.45, 2.75) is 13.0 Å². The number of hydrogen-bond donors (Lipinski definition) is 2. The van der Waals surface area contributed by atoms with Crippen molar-refractivity contribution in [3.63, 3.8) is 0 Å². The minimum Gasteiger partial charge on any atom is -0.398 e. The molecule has 94 valence electrons. The highest BCUT2D eigenvalue weighted by molar-refractivity contribution is 7.10. The second-order valence-corrected chi connectivity index (χ2v) is 4.92. The topological polar surface area (TPSA) is 55.1 Å². The monoisotopic (exact) mass is 264 g/mol. The highest BCUT2D eigenvalue weighted by atomic mass is 32.1. The maximum Gasteiger partial charge on any atom is 0.253 e. The first kappa shape index (κ1) is 12.6. The third-order valence-corrected chi connectivity index (χ3v) is 3.63. The van der Waals surface area contributed by atoms with Crippen molar-refractivity contribution in [3.8, 4) is 0 Å². The predicted molar refractivity (Wildman–Crippen MR) is 71.0 cm³/mol. The van der Waals surface area contributed by atoms with Crippen molar-refractivity contribution >= 4 is 22.9 Å². The smallest absolute Gasteiger partial charge is 0.253 e. The lowest BCUT2D eigenvalue weighted by atomic mass is 10.1. The average Bonchev–Trinajstić information content (AvgIpc) is 2.81. The first-order valence-corrected chi connectivity index (χ1v) is 6.35. The number of carbonyl (C=O) groups is 1. The van der Waals surface area contributed by atoms with E-state index < -0.39 is 5.82 Å². The van der Waals surface area contributed by atoms with E-state index in [1.54, 1.807) is 11.3 Å². The first-order valence-electron chi connectivity index (χ1n) is 5.47. The largest absolute Gasteiger partial charge is 0.398 e. The molecule has 1 aromatic heterocycles. The molecule has 1 aromatic carbocycles. The third kappa shape index (κ3) is 2.68. The quantitative estimate of drug-likeness (QED) is 0.837. The van der Waals surface area contributed by atoms with Crippen LogP contribution in [0.5, 0.6) is 0 Å². The van der Waals surface area contributed by atoms with Crippen molar-refractivity contribution in [2.24, 2.45) is 0 Å². The third-order valence-electron chi connectivity index (χ3n) is 2.58. The number of carbonyl (C=O) groups excluding carboxylic acids is 1. The molecule has 0 aliphatic heterocycles. The summed E-state index contributed by atoms with van der Waals surface area (Å²) >= 11 is 1.57. The molecule has 0 saturated heterocycles. The summed E-state index contributed by atoms with van der Waals surface area (Å²) in [6.07, 6.45) is 0. The van der Waals surface area contributed by atoms with Crippen molar-refractivity contribution in [3.05, 3.63) is 52.0 Å². The summed E-state index contributed by atoms with van der Waals surface area (Å²) in [6.45, 7) is 1.89. The molecule has 5 heteroatoms. The Balaban J connectivity index is 2.12. The summed E-state index contributed by atoms with van der Waals surface area (Å²) in [5.74, 6) is -0.747. The van der Waals surface area contributed by atoms with Crippen LogP contribution in [0.2, 0.25) is 0 Å². The Bertz CT molecular complexity index is 554. The van der Waals surface area contributed by atoms with Crippen LogP contribution in [0, 0.1) is 5.82 Å². The standard InChI is InChI=1S/C13H13FN2OS/c1-8(12-3-2-6-18-12)16-13(17)10-5-4-9(14)7-11(10)15/h2-8H,15H2,1H3,(H,16,17). The highest BCUT2D eigenvalue weighted by Crippen LogP contribution is 2.20. The lowest BCUT2D eigenvalue weighted by molar-refractivity contribution is 0.0941. The molecule has 18 heavy (non-hydrogen) atoms. The van der Waals surface area contributed by atoms with E-state index in [1.807, 2.05) is 24.4 Å². The second kappa shape index (κ2) is 5.18. The van der Waals surface area contributed by atoms with Gasteiger partial charge < -0.3 is 11.1 Å². The van der Waals surface area contributed by atoms with Gasteiger partial charge in [0.05, 0.1) is 11.6 Å². The number of nitrogens with one attached hydrogen (secondary N) is 1. The number of amides is 1. The Labute approximate surface area is 108 Å². The molecule has 1 heterocycles. The Hall–Kier alpha value is -1.88. The van der Waals surface area contributed by atoms with E-state index >= 15 is 0 Å². The van der Waals surface area contributed by atoms with E-state index in [9.17, 15) is 9.18 Å². The van der Waals surface area contributed by atoms with Gasteiger partial charge in [-0.15, -0.1) is 11.3 Å². The zero-order valence-corrected chi connectivity index (χ0v) is 10.6. The summed E-state index contributed by atoms with van der Waals surface area (Å²) in [5, 5.41) is 4.78. The van der Waals surface area contributed by atoms with Crippen molar-refractivity contribution in [1.29, 1.82) is 0 Å². The van der Waals surface area contributed by atoms with Crippen LogP contribution in [0.25, 0.3) is 0 Å². The van der Waals surface area contributed by atoms with Crippen LogP contribution >= 0.6 is 11.3 Å². The minimum atomic E-state index is -0.449. The number of benzene rings is 1. The van der Waals surface area contributed by atoms with Crippen LogP contribution in [-0.4, -0.2) is 5.91 Å². The van der Waals surface area contributed by atoms with Gasteiger partial charge >= 0.3 is 0 Å². The molecule has 1 amide bonds. The van der Waals surface area contributed by atoms with Gasteiger partial charge in [-0.2, -0.15) is 0 Å². The van der Waals surface area contributed by atoms with Crippen LogP contribution in [0.4, 0.5) is 10.1 Å². The number of anilines is 1. The van der Waals surface area contributed by atoms with Gasteiger partial charge in [-0.25, -0.2) is 4.39 Å². The molecule has 1 atom stereocenters. The summed E-state index contributed by atoms with van der Waals surface area (Å²) in [5.41, 5.74) is 6.05.